The zero-order chi connectivity index (χ0) is 22.2. The highest BCUT2D eigenvalue weighted by Crippen LogP contribution is 2.37. The van der Waals surface area contributed by atoms with Crippen LogP contribution < -0.4 is 4.31 Å². The molecule has 162 valence electrons. The number of ether oxygens (including phenoxy) is 2. The van der Waals surface area contributed by atoms with Crippen molar-refractivity contribution in [1.29, 1.82) is 0 Å². The van der Waals surface area contributed by atoms with Gasteiger partial charge in [-0.15, -0.1) is 22.7 Å². The Morgan fingerprint density at radius 2 is 2.00 bits per heavy atom. The lowest BCUT2D eigenvalue weighted by Crippen LogP contribution is -2.28. The van der Waals surface area contributed by atoms with E-state index in [4.69, 9.17) is 9.47 Å². The van der Waals surface area contributed by atoms with Crippen LogP contribution in [0.3, 0.4) is 0 Å². The van der Waals surface area contributed by atoms with Crippen molar-refractivity contribution >= 4 is 55.3 Å². The molecule has 0 aliphatic rings. The maximum absolute atomic E-state index is 13.5. The molecule has 4 rings (SSSR count). The molecule has 3 heterocycles. The number of para-hydroxylation sites is 1. The van der Waals surface area contributed by atoms with Gasteiger partial charge in [0.15, 0.2) is 0 Å². The quantitative estimate of drug-likeness (QED) is 0.373. The Hall–Kier alpha value is -2.73. The monoisotopic (exact) mass is 477 g/mol. The maximum atomic E-state index is 13.5. The van der Waals surface area contributed by atoms with Gasteiger partial charge in [-0.05, 0) is 23.6 Å². The van der Waals surface area contributed by atoms with Gasteiger partial charge < -0.3 is 14.0 Å². The summed E-state index contributed by atoms with van der Waals surface area (Å²) in [5, 5.41) is 5.09. The first-order valence-corrected chi connectivity index (χ1v) is 12.3. The molecule has 0 radical (unpaired) electrons. The van der Waals surface area contributed by atoms with Crippen LogP contribution in [0, 0.1) is 0 Å². The minimum absolute atomic E-state index is 0.0391. The lowest BCUT2D eigenvalue weighted by Gasteiger charge is -2.22. The summed E-state index contributed by atoms with van der Waals surface area (Å²) in [5.74, 6) is -0.686. The number of methoxy groups -OCH3 is 2. The number of rotatable bonds is 7. The molecular weight excluding hydrogens is 458 g/mol. The van der Waals surface area contributed by atoms with E-state index in [-0.39, 0.29) is 16.5 Å². The van der Waals surface area contributed by atoms with Crippen molar-refractivity contribution in [3.8, 4) is 10.7 Å². The summed E-state index contributed by atoms with van der Waals surface area (Å²) < 4.78 is 40.1. The number of aromatic nitrogens is 2. The van der Waals surface area contributed by atoms with E-state index < -0.39 is 16.0 Å². The molecule has 1 aromatic carbocycles. The molecule has 0 aliphatic heterocycles. The highest BCUT2D eigenvalue weighted by Gasteiger charge is 2.30. The Morgan fingerprint density at radius 3 is 2.68 bits per heavy atom. The minimum atomic E-state index is -4.03. The fourth-order valence-corrected chi connectivity index (χ4v) is 6.54. The lowest BCUT2D eigenvalue weighted by atomic mass is 10.2. The third-order valence-electron chi connectivity index (χ3n) is 4.79. The van der Waals surface area contributed by atoms with Crippen LogP contribution in [0.4, 0.5) is 5.69 Å². The summed E-state index contributed by atoms with van der Waals surface area (Å²) in [5.41, 5.74) is 1.98. The van der Waals surface area contributed by atoms with Crippen LogP contribution in [0.15, 0.2) is 52.2 Å². The second-order valence-corrected chi connectivity index (χ2v) is 10.3. The van der Waals surface area contributed by atoms with Crippen molar-refractivity contribution in [1.82, 2.24) is 9.55 Å². The Labute approximate surface area is 187 Å². The van der Waals surface area contributed by atoms with Gasteiger partial charge in [0.05, 0.1) is 24.0 Å². The number of thiophene rings is 1. The van der Waals surface area contributed by atoms with Crippen LogP contribution in [0.1, 0.15) is 9.67 Å². The summed E-state index contributed by atoms with van der Waals surface area (Å²) in [4.78, 5) is 16.4. The number of nitrogens with zero attached hydrogens (tertiary/aromatic N) is 3. The number of sulfonamides is 1. The summed E-state index contributed by atoms with van der Waals surface area (Å²) in [6, 6.07) is 8.80. The zero-order valence-electron chi connectivity index (χ0n) is 16.9. The molecule has 0 atom stereocenters. The third-order valence-corrected chi connectivity index (χ3v) is 8.42. The van der Waals surface area contributed by atoms with Gasteiger partial charge in [-0.25, -0.2) is 18.2 Å². The highest BCUT2D eigenvalue weighted by atomic mass is 32.2. The molecule has 31 heavy (non-hydrogen) atoms. The minimum Gasteiger partial charge on any atom is -0.465 e. The number of anilines is 1. The van der Waals surface area contributed by atoms with E-state index >= 15 is 0 Å². The van der Waals surface area contributed by atoms with Crippen molar-refractivity contribution < 1.29 is 22.7 Å². The summed E-state index contributed by atoms with van der Waals surface area (Å²) in [7, 11) is 0.243. The predicted octanol–water partition coefficient (Wildman–Crippen LogP) is 4.04. The summed E-state index contributed by atoms with van der Waals surface area (Å²) in [6.45, 7) is 0.217. The van der Waals surface area contributed by atoms with Crippen molar-refractivity contribution in [2.75, 3.05) is 25.6 Å². The standard InChI is InChI=1S/C20H19N3O5S3/c1-22(31(25,26)16-7-9-29-18(16)20(24)28-3)14-6-4-5-13-11-15(19-21-8-10-30-19)23(12-27-2)17(13)14/h4-11H,12H2,1-3H3. The van der Waals surface area contributed by atoms with Crippen LogP contribution in [0.5, 0.6) is 0 Å². The van der Waals surface area contributed by atoms with Crippen LogP contribution in [-0.2, 0) is 26.2 Å². The number of fused-ring (bicyclic) bond motifs is 1. The number of benzene rings is 1. The molecule has 4 aromatic rings. The van der Waals surface area contributed by atoms with Crippen LogP contribution in [0.2, 0.25) is 0 Å². The molecule has 3 aromatic heterocycles. The number of esters is 1. The normalized spacial score (nSPS) is 11.7. The van der Waals surface area contributed by atoms with Gasteiger partial charge >= 0.3 is 5.97 Å². The average Bonchev–Trinajstić information content (AvgIpc) is 3.52. The number of thiazole rings is 1. The van der Waals surface area contributed by atoms with Gasteiger partial charge in [-0.1, -0.05) is 12.1 Å². The second kappa shape index (κ2) is 8.42. The van der Waals surface area contributed by atoms with Gasteiger partial charge in [0.2, 0.25) is 0 Å². The zero-order valence-corrected chi connectivity index (χ0v) is 19.4. The number of hydrogen-bond acceptors (Lipinski definition) is 8. The van der Waals surface area contributed by atoms with Gasteiger partial charge in [-0.2, -0.15) is 0 Å². The molecule has 0 saturated carbocycles. The lowest BCUT2D eigenvalue weighted by molar-refractivity contribution is 0.0602. The summed E-state index contributed by atoms with van der Waals surface area (Å²) in [6.07, 6.45) is 1.72. The number of hydrogen-bond donors (Lipinski definition) is 0. The number of carbonyl (C=O) groups excluding carboxylic acids is 1. The van der Waals surface area contributed by atoms with Gasteiger partial charge in [0.25, 0.3) is 10.0 Å². The average molecular weight is 478 g/mol. The number of carbonyl (C=O) groups is 1. The van der Waals surface area contributed by atoms with Gasteiger partial charge in [-0.3, -0.25) is 4.31 Å². The van der Waals surface area contributed by atoms with E-state index in [0.717, 1.165) is 27.4 Å². The molecule has 0 unspecified atom stereocenters. The Bertz CT molecular complexity index is 1340. The first-order chi connectivity index (χ1) is 14.9. The topological polar surface area (TPSA) is 90.7 Å². The van der Waals surface area contributed by atoms with Crippen molar-refractivity contribution in [3.05, 3.63) is 52.2 Å². The first-order valence-electron chi connectivity index (χ1n) is 9.06. The molecule has 0 saturated heterocycles. The predicted molar refractivity (Wildman–Crippen MR) is 121 cm³/mol. The van der Waals surface area contributed by atoms with E-state index in [1.165, 1.54) is 35.9 Å². The molecule has 8 nitrogen and oxygen atoms in total. The molecule has 11 heteroatoms. The smallest absolute Gasteiger partial charge is 0.349 e. The SMILES string of the molecule is COCn1c(-c2nccs2)cc2cccc(N(C)S(=O)(=O)c3ccsc3C(=O)OC)c21. The molecule has 0 aliphatic carbocycles. The largest absolute Gasteiger partial charge is 0.465 e. The fraction of sp³-hybridized carbons (Fsp3) is 0.200. The van der Waals surface area contributed by atoms with Crippen LogP contribution >= 0.6 is 22.7 Å². The van der Waals surface area contributed by atoms with Crippen LogP contribution in [0.25, 0.3) is 21.6 Å². The Morgan fingerprint density at radius 1 is 1.19 bits per heavy atom. The summed E-state index contributed by atoms with van der Waals surface area (Å²) >= 11 is 2.51. The molecule has 0 fully saturated rings. The molecule has 0 bridgehead atoms. The van der Waals surface area contributed by atoms with E-state index in [1.54, 1.807) is 30.8 Å². The fourth-order valence-electron chi connectivity index (χ4n) is 3.37. The Kier molecular flexibility index (Phi) is 5.84. The first kappa shape index (κ1) is 21.5. The second-order valence-electron chi connectivity index (χ2n) is 6.51. The molecular formula is C20H19N3O5S3. The highest BCUT2D eigenvalue weighted by molar-refractivity contribution is 7.93. The van der Waals surface area contributed by atoms with Crippen molar-refractivity contribution in [2.24, 2.45) is 0 Å². The molecule has 0 amide bonds. The van der Waals surface area contributed by atoms with E-state index in [0.29, 0.717) is 11.2 Å². The van der Waals surface area contributed by atoms with E-state index in [2.05, 4.69) is 4.98 Å². The van der Waals surface area contributed by atoms with Crippen LogP contribution in [-0.4, -0.2) is 45.2 Å². The molecule has 0 N–H and O–H groups in total. The Balaban J connectivity index is 1.90. The molecule has 0 spiro atoms. The van der Waals surface area contributed by atoms with Crippen molar-refractivity contribution in [3.63, 3.8) is 0 Å². The van der Waals surface area contributed by atoms with E-state index in [1.807, 2.05) is 22.1 Å². The van der Waals surface area contributed by atoms with Gasteiger partial charge in [0.1, 0.15) is 21.5 Å². The third kappa shape index (κ3) is 3.63. The maximum Gasteiger partial charge on any atom is 0.349 e. The van der Waals surface area contributed by atoms with Gasteiger partial charge in [0, 0.05) is 31.1 Å². The van der Waals surface area contributed by atoms with E-state index in [9.17, 15) is 13.2 Å². The van der Waals surface area contributed by atoms with Crippen molar-refractivity contribution in [2.45, 2.75) is 11.6 Å².